The maximum absolute atomic E-state index is 13.6. The summed E-state index contributed by atoms with van der Waals surface area (Å²) in [5, 5.41) is 0. The van der Waals surface area contributed by atoms with Gasteiger partial charge < -0.3 is 24.3 Å². The molecule has 1 fully saturated rings. The summed E-state index contributed by atoms with van der Waals surface area (Å²) < 4.78 is 69.7. The Morgan fingerprint density at radius 1 is 1.18 bits per heavy atom. The highest BCUT2D eigenvalue weighted by Crippen LogP contribution is 2.40. The number of hydrogen-bond donors (Lipinski definition) is 2. The van der Waals surface area contributed by atoms with Crippen LogP contribution in [0.1, 0.15) is 70.9 Å². The molecule has 0 bridgehead atoms. The van der Waals surface area contributed by atoms with Gasteiger partial charge in [-0.3, -0.25) is 0 Å². The van der Waals surface area contributed by atoms with Crippen LogP contribution < -0.4 is 10.5 Å². The third-order valence-electron chi connectivity index (χ3n) is 6.94. The van der Waals surface area contributed by atoms with Gasteiger partial charge in [0.1, 0.15) is 23.3 Å². The molecule has 0 amide bonds. The van der Waals surface area contributed by atoms with Gasteiger partial charge in [0.15, 0.2) is 5.60 Å². The molecule has 0 aliphatic heterocycles. The third kappa shape index (κ3) is 8.67. The molecule has 0 saturated heterocycles. The number of nitrogens with two attached hydrogens (primary N) is 1. The molecule has 0 spiro atoms. The fourth-order valence-corrected chi connectivity index (χ4v) is 5.42. The van der Waals surface area contributed by atoms with Crippen LogP contribution in [-0.2, 0) is 27.6 Å². The number of aromatic nitrogens is 2. The predicted octanol–water partition coefficient (Wildman–Crippen LogP) is 6.21. The summed E-state index contributed by atoms with van der Waals surface area (Å²) in [7, 11) is -1.33. The van der Waals surface area contributed by atoms with Crippen LogP contribution in [0.25, 0.3) is 11.0 Å². The number of nitrogens with one attached hydrogen (secondary N) is 1. The molecule has 7 nitrogen and oxygen atoms in total. The SMILES string of the molecule is CC(C)(C)[S+]([O-])N[C@@H](COC(C)(C)C(F)(F)F)c1nc2cc([C@H](N)C3CC3)ccc2n1COCC[Si](C)(C)C. The summed E-state index contributed by atoms with van der Waals surface area (Å²) in [5.41, 5.74) is 6.46. The molecule has 2 aromatic rings. The van der Waals surface area contributed by atoms with Gasteiger partial charge in [0.05, 0.1) is 17.6 Å². The molecular formula is C27H45F3N4O3SSi. The van der Waals surface area contributed by atoms with E-state index in [2.05, 4.69) is 24.4 Å². The lowest BCUT2D eigenvalue weighted by atomic mass is 10.0. The second-order valence-electron chi connectivity index (χ2n) is 13.2. The zero-order chi connectivity index (χ0) is 29.4. The number of rotatable bonds is 13. The molecule has 3 rings (SSSR count). The monoisotopic (exact) mass is 590 g/mol. The number of halogens is 3. The van der Waals surface area contributed by atoms with Crippen LogP contribution in [0.3, 0.4) is 0 Å². The molecule has 1 aliphatic carbocycles. The Kier molecular flexibility index (Phi) is 9.95. The summed E-state index contributed by atoms with van der Waals surface area (Å²) in [6, 6.07) is 5.85. The number of nitrogens with zero attached hydrogens (tertiary/aromatic N) is 2. The van der Waals surface area contributed by atoms with Gasteiger partial charge in [0, 0.05) is 32.1 Å². The van der Waals surface area contributed by atoms with Gasteiger partial charge in [-0.1, -0.05) is 25.7 Å². The molecule has 1 aromatic heterocycles. The fourth-order valence-electron chi connectivity index (χ4n) is 3.88. The van der Waals surface area contributed by atoms with Gasteiger partial charge in [-0.15, -0.1) is 4.72 Å². The Morgan fingerprint density at radius 2 is 1.82 bits per heavy atom. The summed E-state index contributed by atoms with van der Waals surface area (Å²) in [4.78, 5) is 4.84. The first-order valence-corrected chi connectivity index (χ1v) is 18.4. The lowest BCUT2D eigenvalue weighted by Crippen LogP contribution is -2.47. The fraction of sp³-hybridized carbons (Fsp3) is 0.741. The predicted molar refractivity (Wildman–Crippen MR) is 153 cm³/mol. The van der Waals surface area contributed by atoms with Gasteiger partial charge in [-0.05, 0) is 77.1 Å². The van der Waals surface area contributed by atoms with Crippen molar-refractivity contribution in [1.82, 2.24) is 14.3 Å². The Labute approximate surface area is 234 Å². The summed E-state index contributed by atoms with van der Waals surface area (Å²) >= 11 is -1.60. The molecule has 1 heterocycles. The van der Waals surface area contributed by atoms with Gasteiger partial charge in [0.2, 0.25) is 0 Å². The van der Waals surface area contributed by atoms with Crippen LogP contribution in [0.4, 0.5) is 13.2 Å². The summed E-state index contributed by atoms with van der Waals surface area (Å²) in [6.07, 6.45) is -2.38. The van der Waals surface area contributed by atoms with E-state index >= 15 is 0 Å². The van der Waals surface area contributed by atoms with Crippen molar-refractivity contribution in [2.24, 2.45) is 11.7 Å². The number of hydrogen-bond acceptors (Lipinski definition) is 6. The average Bonchev–Trinajstić information content (AvgIpc) is 3.58. The minimum Gasteiger partial charge on any atom is -0.598 e. The molecule has 1 saturated carbocycles. The zero-order valence-corrected chi connectivity index (χ0v) is 26.3. The molecule has 12 heteroatoms. The van der Waals surface area contributed by atoms with Crippen molar-refractivity contribution >= 4 is 30.5 Å². The Bertz CT molecular complexity index is 1110. The second-order valence-corrected chi connectivity index (χ2v) is 20.8. The average molecular weight is 591 g/mol. The normalized spacial score (nSPS) is 18.0. The number of ether oxygens (including phenoxy) is 2. The highest BCUT2D eigenvalue weighted by atomic mass is 32.2. The van der Waals surface area contributed by atoms with E-state index in [4.69, 9.17) is 20.2 Å². The highest BCUT2D eigenvalue weighted by Gasteiger charge is 2.49. The molecule has 0 radical (unpaired) electrons. The van der Waals surface area contributed by atoms with E-state index in [1.807, 2.05) is 22.8 Å². The minimum absolute atomic E-state index is 0.0887. The van der Waals surface area contributed by atoms with E-state index in [9.17, 15) is 17.7 Å². The first-order chi connectivity index (χ1) is 17.8. The summed E-state index contributed by atoms with van der Waals surface area (Å²) in [5.74, 6) is 0.862. The highest BCUT2D eigenvalue weighted by molar-refractivity contribution is 7.90. The Hall–Kier alpha value is -1.15. The van der Waals surface area contributed by atoms with Gasteiger partial charge >= 0.3 is 6.18 Å². The summed E-state index contributed by atoms with van der Waals surface area (Å²) in [6.45, 7) is 14.5. The second kappa shape index (κ2) is 12.0. The maximum Gasteiger partial charge on any atom is 0.416 e. The van der Waals surface area contributed by atoms with Crippen molar-refractivity contribution in [3.05, 3.63) is 29.6 Å². The van der Waals surface area contributed by atoms with Gasteiger partial charge in [-0.2, -0.15) is 13.2 Å². The van der Waals surface area contributed by atoms with Crippen LogP contribution in [-0.4, -0.2) is 51.9 Å². The van der Waals surface area contributed by atoms with E-state index in [-0.39, 0.29) is 19.4 Å². The Balaban J connectivity index is 2.01. The number of fused-ring (bicyclic) bond motifs is 1. The lowest BCUT2D eigenvalue weighted by Gasteiger charge is -2.32. The zero-order valence-electron chi connectivity index (χ0n) is 24.4. The van der Waals surface area contributed by atoms with Crippen molar-refractivity contribution in [2.45, 2.75) is 108 Å². The van der Waals surface area contributed by atoms with Crippen molar-refractivity contribution in [2.75, 3.05) is 13.2 Å². The molecule has 222 valence electrons. The Morgan fingerprint density at radius 3 is 2.36 bits per heavy atom. The maximum atomic E-state index is 13.6. The quantitative estimate of drug-likeness (QED) is 0.164. The van der Waals surface area contributed by atoms with Crippen LogP contribution in [0.15, 0.2) is 18.2 Å². The minimum atomic E-state index is -4.57. The van der Waals surface area contributed by atoms with Crippen molar-refractivity contribution in [3.8, 4) is 0 Å². The molecule has 3 N–H and O–H groups in total. The van der Waals surface area contributed by atoms with E-state index < -0.39 is 42.0 Å². The van der Waals surface area contributed by atoms with Gasteiger partial charge in [0.25, 0.3) is 0 Å². The number of alkyl halides is 3. The first-order valence-electron chi connectivity index (χ1n) is 13.5. The van der Waals surface area contributed by atoms with Crippen molar-refractivity contribution in [1.29, 1.82) is 0 Å². The van der Waals surface area contributed by atoms with Crippen molar-refractivity contribution in [3.63, 3.8) is 0 Å². The van der Waals surface area contributed by atoms with Crippen molar-refractivity contribution < 1.29 is 27.2 Å². The van der Waals surface area contributed by atoms with E-state index in [1.165, 1.54) is 0 Å². The molecule has 39 heavy (non-hydrogen) atoms. The smallest absolute Gasteiger partial charge is 0.416 e. The molecular weight excluding hydrogens is 545 g/mol. The standard InChI is InChI=1S/C27H45F3N4O3SSi/c1-25(2,3)38(35)33-21(16-37-26(4,5)27(28,29)30)24-32-20-15-19(23(31)18-9-10-18)11-12-22(20)34(24)17-36-13-14-39(6,7)8/h11-12,15,18,21,23,33H,9-10,13-14,16-17,31H2,1-8H3/t21-,23+,38?/m0/s1. The largest absolute Gasteiger partial charge is 0.598 e. The molecule has 1 aliphatic rings. The number of imidazole rings is 1. The first kappa shape index (κ1) is 32.4. The molecule has 1 unspecified atom stereocenters. The van der Waals surface area contributed by atoms with E-state index in [0.29, 0.717) is 23.9 Å². The third-order valence-corrected chi connectivity index (χ3v) is 10.3. The van der Waals surface area contributed by atoms with Crippen LogP contribution in [0, 0.1) is 5.92 Å². The van der Waals surface area contributed by atoms with E-state index in [0.717, 1.165) is 43.8 Å². The van der Waals surface area contributed by atoms with Crippen LogP contribution >= 0.6 is 0 Å². The van der Waals surface area contributed by atoms with Crippen LogP contribution in [0.5, 0.6) is 0 Å². The topological polar surface area (TPSA) is 97.4 Å². The van der Waals surface area contributed by atoms with Crippen LogP contribution in [0.2, 0.25) is 25.7 Å². The molecule has 3 atom stereocenters. The van der Waals surface area contributed by atoms with Gasteiger partial charge in [-0.25, -0.2) is 4.98 Å². The number of benzene rings is 1. The molecule has 1 aromatic carbocycles. The van der Waals surface area contributed by atoms with E-state index in [1.54, 1.807) is 20.8 Å². The lowest BCUT2D eigenvalue weighted by molar-refractivity contribution is -0.265.